The van der Waals surface area contributed by atoms with Crippen LogP contribution >= 0.6 is 15.9 Å². The third-order valence-corrected chi connectivity index (χ3v) is 2.99. The first-order chi connectivity index (χ1) is 9.17. The molecule has 7 heteroatoms. The highest BCUT2D eigenvalue weighted by atomic mass is 79.9. The summed E-state index contributed by atoms with van der Waals surface area (Å²) in [7, 11) is 1.75. The van der Waals surface area contributed by atoms with Crippen molar-refractivity contribution in [1.82, 2.24) is 5.23 Å². The van der Waals surface area contributed by atoms with Crippen LogP contribution in [-0.4, -0.2) is 43.7 Å². The van der Waals surface area contributed by atoms with Crippen molar-refractivity contribution in [2.75, 3.05) is 24.3 Å². The van der Waals surface area contributed by atoms with E-state index in [0.29, 0.717) is 6.42 Å². The zero-order valence-electron chi connectivity index (χ0n) is 10.9. The van der Waals surface area contributed by atoms with Crippen molar-refractivity contribution in [3.05, 3.63) is 29.8 Å². The van der Waals surface area contributed by atoms with Gasteiger partial charge in [0.15, 0.2) is 0 Å². The molecule has 1 aromatic rings. The van der Waals surface area contributed by atoms with E-state index in [2.05, 4.69) is 26.5 Å². The van der Waals surface area contributed by atoms with Crippen LogP contribution in [0.2, 0.25) is 0 Å². The molecular formula is C12H18BBrN2O3. The Kier molecular flexibility index (Phi) is 7.55. The molecule has 1 rings (SSSR count). The van der Waals surface area contributed by atoms with Crippen LogP contribution in [0.3, 0.4) is 0 Å². The molecule has 0 saturated carbocycles. The quantitative estimate of drug-likeness (QED) is 0.466. The lowest BCUT2D eigenvalue weighted by atomic mass is 10.0. The second-order valence-corrected chi connectivity index (χ2v) is 4.84. The van der Waals surface area contributed by atoms with Crippen LogP contribution < -0.4 is 10.5 Å². The molecule has 0 amide bonds. The number of carboxylic acids is 1. The summed E-state index contributed by atoms with van der Waals surface area (Å²) in [6.07, 6.45) is 0.428. The Hall–Kier alpha value is -1.05. The van der Waals surface area contributed by atoms with E-state index < -0.39 is 12.0 Å². The van der Waals surface area contributed by atoms with Gasteiger partial charge in [-0.2, -0.15) is 0 Å². The number of rotatable bonds is 9. The molecule has 1 atom stereocenters. The van der Waals surface area contributed by atoms with Crippen LogP contribution in [0.25, 0.3) is 0 Å². The van der Waals surface area contributed by atoms with E-state index in [1.165, 1.54) is 7.11 Å². The highest BCUT2D eigenvalue weighted by Crippen LogP contribution is 2.11. The molecule has 0 aliphatic heterocycles. The summed E-state index contributed by atoms with van der Waals surface area (Å²) in [5, 5.41) is 16.0. The standard InChI is InChI=1S/C12H18BBrN2O3/c1-19-13-16-11(12(17)18)8-9-2-4-10(5-3-9)15-7-6-14/h2-5,11,13,15-16H,6-8H2,1H3,(H,17,18). The second kappa shape index (κ2) is 8.95. The molecule has 1 aromatic carbocycles. The highest BCUT2D eigenvalue weighted by molar-refractivity contribution is 9.09. The fourth-order valence-corrected chi connectivity index (χ4v) is 1.81. The number of nitrogens with one attached hydrogen (secondary N) is 2. The molecule has 19 heavy (non-hydrogen) atoms. The fraction of sp³-hybridized carbons (Fsp3) is 0.417. The highest BCUT2D eigenvalue weighted by Gasteiger charge is 2.17. The van der Waals surface area contributed by atoms with Gasteiger partial charge in [0.2, 0.25) is 0 Å². The maximum atomic E-state index is 11.1. The van der Waals surface area contributed by atoms with Crippen LogP contribution in [-0.2, 0) is 15.9 Å². The Balaban J connectivity index is 2.56. The minimum Gasteiger partial charge on any atom is -0.480 e. The van der Waals surface area contributed by atoms with E-state index in [1.54, 1.807) is 0 Å². The van der Waals surface area contributed by atoms with Crippen LogP contribution in [0.1, 0.15) is 5.56 Å². The molecule has 104 valence electrons. The first-order valence-corrected chi connectivity index (χ1v) is 7.13. The van der Waals surface area contributed by atoms with Gasteiger partial charge in [0.25, 0.3) is 0 Å². The van der Waals surface area contributed by atoms with Gasteiger partial charge in [0.1, 0.15) is 6.04 Å². The van der Waals surface area contributed by atoms with Crippen LogP contribution in [0.15, 0.2) is 24.3 Å². The SMILES string of the molecule is COBNC(Cc1ccc(NCCBr)cc1)C(=O)O. The summed E-state index contributed by atoms with van der Waals surface area (Å²) in [6, 6.07) is 7.13. The summed E-state index contributed by atoms with van der Waals surface area (Å²) in [4.78, 5) is 11.1. The lowest BCUT2D eigenvalue weighted by Crippen LogP contribution is -2.41. The van der Waals surface area contributed by atoms with Gasteiger partial charge in [-0.15, -0.1) is 0 Å². The Morgan fingerprint density at radius 3 is 2.68 bits per heavy atom. The first-order valence-electron chi connectivity index (χ1n) is 6.01. The predicted molar refractivity (Wildman–Crippen MR) is 81.1 cm³/mol. The number of hydrogen-bond donors (Lipinski definition) is 3. The van der Waals surface area contributed by atoms with Crippen molar-refractivity contribution in [3.63, 3.8) is 0 Å². The van der Waals surface area contributed by atoms with E-state index in [9.17, 15) is 4.79 Å². The number of hydrogen-bond acceptors (Lipinski definition) is 4. The lowest BCUT2D eigenvalue weighted by Gasteiger charge is -2.13. The van der Waals surface area contributed by atoms with Gasteiger partial charge in [0, 0.05) is 24.7 Å². The maximum Gasteiger partial charge on any atom is 0.361 e. The molecule has 5 nitrogen and oxygen atoms in total. The summed E-state index contributed by atoms with van der Waals surface area (Å²) in [5.41, 5.74) is 2.00. The summed E-state index contributed by atoms with van der Waals surface area (Å²) < 4.78 is 4.83. The summed E-state index contributed by atoms with van der Waals surface area (Å²) in [5.74, 6) is -0.876. The Morgan fingerprint density at radius 1 is 1.47 bits per heavy atom. The van der Waals surface area contributed by atoms with Crippen molar-refractivity contribution in [3.8, 4) is 0 Å². The third-order valence-electron chi connectivity index (χ3n) is 2.59. The zero-order valence-corrected chi connectivity index (χ0v) is 12.4. The average molecular weight is 329 g/mol. The molecule has 0 saturated heterocycles. The number of carboxylic acid groups (broad SMARTS) is 1. The number of aliphatic carboxylic acids is 1. The Morgan fingerprint density at radius 2 is 2.16 bits per heavy atom. The number of carbonyl (C=O) groups is 1. The monoisotopic (exact) mass is 328 g/mol. The van der Waals surface area contributed by atoms with Crippen LogP contribution in [0, 0.1) is 0 Å². The van der Waals surface area contributed by atoms with Crippen molar-refractivity contribution in [1.29, 1.82) is 0 Å². The molecule has 0 radical (unpaired) electrons. The fourth-order valence-electron chi connectivity index (χ4n) is 1.62. The minimum absolute atomic E-state index is 0.224. The number of benzene rings is 1. The molecule has 3 N–H and O–H groups in total. The molecule has 0 fully saturated rings. The Labute approximate surface area is 122 Å². The topological polar surface area (TPSA) is 70.6 Å². The van der Waals surface area contributed by atoms with Gasteiger partial charge in [-0.05, 0) is 24.1 Å². The van der Waals surface area contributed by atoms with Gasteiger partial charge in [0.05, 0.1) is 0 Å². The van der Waals surface area contributed by atoms with Gasteiger partial charge >= 0.3 is 13.6 Å². The molecule has 1 unspecified atom stereocenters. The van der Waals surface area contributed by atoms with Crippen molar-refractivity contribution < 1.29 is 14.6 Å². The van der Waals surface area contributed by atoms with Crippen LogP contribution in [0.5, 0.6) is 0 Å². The van der Waals surface area contributed by atoms with Crippen molar-refractivity contribution in [2.45, 2.75) is 12.5 Å². The van der Waals surface area contributed by atoms with E-state index in [-0.39, 0.29) is 7.62 Å². The van der Waals surface area contributed by atoms with Crippen LogP contribution in [0.4, 0.5) is 5.69 Å². The molecular weight excluding hydrogens is 311 g/mol. The molecule has 0 spiro atoms. The molecule has 0 aliphatic rings. The van der Waals surface area contributed by atoms with E-state index in [1.807, 2.05) is 24.3 Å². The molecule has 0 bridgehead atoms. The second-order valence-electron chi connectivity index (χ2n) is 4.04. The largest absolute Gasteiger partial charge is 0.480 e. The van der Waals surface area contributed by atoms with E-state index in [4.69, 9.17) is 9.76 Å². The zero-order chi connectivity index (χ0) is 14.1. The van der Waals surface area contributed by atoms with Crippen molar-refractivity contribution in [2.24, 2.45) is 0 Å². The van der Waals surface area contributed by atoms with Gasteiger partial charge < -0.3 is 20.3 Å². The van der Waals surface area contributed by atoms with E-state index >= 15 is 0 Å². The molecule has 0 aliphatic carbocycles. The normalized spacial score (nSPS) is 11.9. The number of alkyl halides is 1. The smallest absolute Gasteiger partial charge is 0.361 e. The first kappa shape index (κ1) is 16.0. The van der Waals surface area contributed by atoms with Gasteiger partial charge in [-0.1, -0.05) is 28.1 Å². The third kappa shape index (κ3) is 6.09. The number of anilines is 1. The Bertz CT molecular complexity index is 389. The predicted octanol–water partition coefficient (Wildman–Crippen LogP) is 0.992. The number of halogens is 1. The minimum atomic E-state index is -0.876. The van der Waals surface area contributed by atoms with Gasteiger partial charge in [-0.3, -0.25) is 4.79 Å². The molecule has 0 aromatic heterocycles. The molecule has 0 heterocycles. The summed E-state index contributed by atoms with van der Waals surface area (Å²) in [6.45, 7) is 0.854. The summed E-state index contributed by atoms with van der Waals surface area (Å²) >= 11 is 3.35. The average Bonchev–Trinajstić information content (AvgIpc) is 2.42. The van der Waals surface area contributed by atoms with Crippen molar-refractivity contribution >= 4 is 35.2 Å². The maximum absolute atomic E-state index is 11.1. The van der Waals surface area contributed by atoms with Gasteiger partial charge in [-0.25, -0.2) is 0 Å². The lowest BCUT2D eigenvalue weighted by molar-refractivity contribution is -0.139. The van der Waals surface area contributed by atoms with E-state index in [0.717, 1.165) is 23.1 Å².